The van der Waals surface area contributed by atoms with Gasteiger partial charge in [-0.05, 0) is 24.8 Å². The summed E-state index contributed by atoms with van der Waals surface area (Å²) in [6.45, 7) is 0.427. The van der Waals surface area contributed by atoms with Crippen LogP contribution in [-0.4, -0.2) is 71.3 Å². The molecular weight excluding hydrogens is 494 g/mol. The van der Waals surface area contributed by atoms with Gasteiger partial charge < -0.3 is 25.0 Å². The minimum atomic E-state index is -3.03. The molecule has 36 heavy (non-hydrogen) atoms. The summed E-state index contributed by atoms with van der Waals surface area (Å²) in [5.41, 5.74) is -0.198. The molecule has 0 spiro atoms. The first-order chi connectivity index (χ1) is 17.3. The van der Waals surface area contributed by atoms with Gasteiger partial charge in [0.15, 0.2) is 0 Å². The Hall–Kier alpha value is -2.78. The van der Waals surface area contributed by atoms with E-state index in [9.17, 15) is 22.6 Å². The normalized spacial score (nSPS) is 19.0. The van der Waals surface area contributed by atoms with E-state index >= 15 is 0 Å². The molecule has 3 amide bonds. The van der Waals surface area contributed by atoms with E-state index in [0.29, 0.717) is 44.7 Å². The summed E-state index contributed by atoms with van der Waals surface area (Å²) >= 11 is 0. The van der Waals surface area contributed by atoms with E-state index in [-0.39, 0.29) is 23.2 Å². The molecule has 1 aliphatic heterocycles. The highest BCUT2D eigenvalue weighted by Gasteiger charge is 2.50. The van der Waals surface area contributed by atoms with Crippen molar-refractivity contribution in [1.82, 2.24) is 15.5 Å². The molecule has 1 aromatic carbocycles. The first-order valence-corrected chi connectivity index (χ1v) is 13.5. The van der Waals surface area contributed by atoms with Crippen LogP contribution in [0, 0.1) is 17.2 Å². The van der Waals surface area contributed by atoms with Crippen LogP contribution in [0.15, 0.2) is 24.3 Å². The number of nitriles is 1. The Morgan fingerprint density at radius 2 is 1.97 bits per heavy atom. The molecule has 1 saturated carbocycles. The summed E-state index contributed by atoms with van der Waals surface area (Å²) < 4.78 is 48.3. The summed E-state index contributed by atoms with van der Waals surface area (Å²) in [5.74, 6) is -0.923. The molecule has 2 fully saturated rings. The van der Waals surface area contributed by atoms with E-state index in [4.69, 9.17) is 10.00 Å². The minimum Gasteiger partial charge on any atom is -0.435 e. The fraction of sp³-hybridized carbons (Fsp3) is 0.625. The summed E-state index contributed by atoms with van der Waals surface area (Å²) in [5, 5.41) is 14.9. The summed E-state index contributed by atoms with van der Waals surface area (Å²) in [6.07, 6.45) is 2.47. The Balaban J connectivity index is 1.73. The number of amides is 3. The van der Waals surface area contributed by atoms with Gasteiger partial charge in [-0.1, -0.05) is 31.5 Å². The lowest BCUT2D eigenvalue weighted by Gasteiger charge is -2.31. The lowest BCUT2D eigenvalue weighted by molar-refractivity contribution is -0.123. The lowest BCUT2D eigenvalue weighted by Crippen LogP contribution is -2.57. The van der Waals surface area contributed by atoms with Crippen molar-refractivity contribution < 1.29 is 32.1 Å². The Kier molecular flexibility index (Phi) is 10.0. The van der Waals surface area contributed by atoms with Gasteiger partial charge in [-0.25, -0.2) is 4.79 Å². The molecule has 0 bridgehead atoms. The molecule has 2 aliphatic rings. The third-order valence-electron chi connectivity index (χ3n) is 6.54. The number of nitrogens with one attached hydrogen (secondary N) is 2. The molecule has 1 aliphatic carbocycles. The Bertz CT molecular complexity index is 979. The van der Waals surface area contributed by atoms with Crippen molar-refractivity contribution in [2.45, 2.75) is 56.6 Å². The molecule has 3 atom stereocenters. The molecule has 198 valence electrons. The van der Waals surface area contributed by atoms with Crippen LogP contribution in [0.4, 0.5) is 13.6 Å². The largest absolute Gasteiger partial charge is 0.435 e. The minimum absolute atomic E-state index is 0.0223. The van der Waals surface area contributed by atoms with E-state index < -0.39 is 40.9 Å². The lowest BCUT2D eigenvalue weighted by atomic mass is 9.91. The van der Waals surface area contributed by atoms with Gasteiger partial charge in [0.25, 0.3) is 0 Å². The van der Waals surface area contributed by atoms with Gasteiger partial charge in [-0.15, -0.1) is 0 Å². The topological polar surface area (TPSA) is 121 Å². The van der Waals surface area contributed by atoms with Crippen molar-refractivity contribution in [2.24, 2.45) is 5.92 Å². The van der Waals surface area contributed by atoms with Crippen LogP contribution in [0.5, 0.6) is 5.75 Å². The highest BCUT2D eigenvalue weighted by atomic mass is 32.2. The van der Waals surface area contributed by atoms with Crippen molar-refractivity contribution >= 4 is 22.7 Å². The maximum absolute atomic E-state index is 13.3. The second-order valence-corrected chi connectivity index (χ2v) is 10.5. The summed E-state index contributed by atoms with van der Waals surface area (Å²) in [4.78, 5) is 27.7. The third kappa shape index (κ3) is 7.61. The van der Waals surface area contributed by atoms with Crippen molar-refractivity contribution in [3.05, 3.63) is 29.8 Å². The SMILES string of the molecule is CCC(CC#N)C1(NC(=O)C(CS(=O)Cc2ccccc2OC(F)F)NC(=O)N2CCOCC2)CC1. The number of carbonyl (C=O) groups excluding carboxylic acids is 2. The number of urea groups is 1. The van der Waals surface area contributed by atoms with Gasteiger partial charge in [0, 0.05) is 41.4 Å². The molecule has 1 aromatic rings. The maximum Gasteiger partial charge on any atom is 0.387 e. The number of rotatable bonds is 12. The summed E-state index contributed by atoms with van der Waals surface area (Å²) in [7, 11) is -1.69. The number of hydrogen-bond donors (Lipinski definition) is 2. The molecular formula is C24H32F2N4O5S. The number of nitrogens with zero attached hydrogens (tertiary/aromatic N) is 2. The third-order valence-corrected chi connectivity index (χ3v) is 7.88. The number of morpholine rings is 1. The highest BCUT2D eigenvalue weighted by Crippen LogP contribution is 2.45. The molecule has 3 unspecified atom stereocenters. The Labute approximate surface area is 211 Å². The monoisotopic (exact) mass is 526 g/mol. The quantitative estimate of drug-likeness (QED) is 0.432. The van der Waals surface area contributed by atoms with Crippen LogP contribution in [0.25, 0.3) is 0 Å². The second-order valence-electron chi connectivity index (χ2n) is 8.95. The smallest absolute Gasteiger partial charge is 0.387 e. The highest BCUT2D eigenvalue weighted by molar-refractivity contribution is 7.84. The predicted octanol–water partition coefficient (Wildman–Crippen LogP) is 2.54. The van der Waals surface area contributed by atoms with Crippen LogP contribution in [-0.2, 0) is 26.1 Å². The second kappa shape index (κ2) is 13.0. The zero-order valence-corrected chi connectivity index (χ0v) is 21.0. The van der Waals surface area contributed by atoms with Crippen molar-refractivity contribution in [2.75, 3.05) is 32.1 Å². The van der Waals surface area contributed by atoms with Gasteiger partial charge >= 0.3 is 12.6 Å². The molecule has 12 heteroatoms. The first-order valence-electron chi connectivity index (χ1n) is 12.0. The molecule has 0 aromatic heterocycles. The predicted molar refractivity (Wildman–Crippen MR) is 129 cm³/mol. The van der Waals surface area contributed by atoms with Crippen molar-refractivity contribution in [3.63, 3.8) is 0 Å². The molecule has 3 rings (SSSR count). The molecule has 1 heterocycles. The number of para-hydroxylation sites is 1. The average Bonchev–Trinajstić information content (AvgIpc) is 3.63. The van der Waals surface area contributed by atoms with Crippen LogP contribution in [0.3, 0.4) is 0 Å². The van der Waals surface area contributed by atoms with E-state index in [1.165, 1.54) is 23.1 Å². The van der Waals surface area contributed by atoms with E-state index in [1.807, 2.05) is 6.92 Å². The van der Waals surface area contributed by atoms with Crippen LogP contribution in [0.2, 0.25) is 0 Å². The van der Waals surface area contributed by atoms with Gasteiger partial charge in [0.05, 0.1) is 30.8 Å². The van der Waals surface area contributed by atoms with Gasteiger partial charge in [-0.3, -0.25) is 9.00 Å². The van der Waals surface area contributed by atoms with Gasteiger partial charge in [0.1, 0.15) is 11.8 Å². The number of ether oxygens (including phenoxy) is 2. The zero-order valence-electron chi connectivity index (χ0n) is 20.2. The fourth-order valence-electron chi connectivity index (χ4n) is 4.39. The molecule has 0 radical (unpaired) electrons. The maximum atomic E-state index is 13.3. The number of carbonyl (C=O) groups is 2. The number of halogens is 2. The first kappa shape index (κ1) is 27.8. The number of hydrogen-bond acceptors (Lipinski definition) is 6. The zero-order chi connectivity index (χ0) is 26.1. The fourth-order valence-corrected chi connectivity index (χ4v) is 5.69. The van der Waals surface area contributed by atoms with E-state index in [2.05, 4.69) is 21.4 Å². The van der Waals surface area contributed by atoms with Crippen LogP contribution >= 0.6 is 0 Å². The number of alkyl halides is 2. The van der Waals surface area contributed by atoms with Crippen molar-refractivity contribution in [3.8, 4) is 11.8 Å². The van der Waals surface area contributed by atoms with E-state index in [0.717, 1.165) is 12.8 Å². The van der Waals surface area contributed by atoms with Crippen LogP contribution < -0.4 is 15.4 Å². The van der Waals surface area contributed by atoms with Crippen LogP contribution in [0.1, 0.15) is 38.2 Å². The Morgan fingerprint density at radius 1 is 1.28 bits per heavy atom. The number of benzene rings is 1. The van der Waals surface area contributed by atoms with Gasteiger partial charge in [-0.2, -0.15) is 14.0 Å². The average molecular weight is 527 g/mol. The van der Waals surface area contributed by atoms with Gasteiger partial charge in [0.2, 0.25) is 5.91 Å². The molecule has 9 nitrogen and oxygen atoms in total. The van der Waals surface area contributed by atoms with E-state index in [1.54, 1.807) is 6.07 Å². The summed E-state index contributed by atoms with van der Waals surface area (Å²) in [6, 6.07) is 6.63. The standard InChI is InChI=1S/C24H32F2N4O5S/c1-2-18(7-10-27)24(8-9-24)29-21(31)19(28-23(32)30-11-13-34-14-12-30)16-36(33)15-17-5-3-4-6-20(17)35-22(25)26/h3-6,18-19,22H,2,7-9,11-16H2,1H3,(H,28,32)(H,29,31). The molecule has 2 N–H and O–H groups in total. The van der Waals surface area contributed by atoms with Crippen molar-refractivity contribution in [1.29, 1.82) is 5.26 Å². The Morgan fingerprint density at radius 3 is 2.58 bits per heavy atom. The molecule has 1 saturated heterocycles.